The number of hydrogen-bond donors (Lipinski definition) is 0. The van der Waals surface area contributed by atoms with Gasteiger partial charge in [0.25, 0.3) is 0 Å². The van der Waals surface area contributed by atoms with E-state index in [9.17, 15) is 8.78 Å². The fourth-order valence-corrected chi connectivity index (χ4v) is 21.6. The largest absolute Gasteiger partial charge is 0.376 e. The second-order valence-electron chi connectivity index (χ2n) is 16.4. The Labute approximate surface area is 302 Å². The Bertz CT molecular complexity index is 1240. The molecule has 2 aromatic heterocycles. The summed E-state index contributed by atoms with van der Waals surface area (Å²) in [6.45, 7) is 40.5. The van der Waals surface area contributed by atoms with Gasteiger partial charge in [-0.2, -0.15) is 0 Å². The average molecular weight is 819 g/mol. The molecule has 46 heavy (non-hydrogen) atoms. The molecule has 0 aliphatic rings. The molecule has 2 nitrogen and oxygen atoms in total. The molecule has 0 fully saturated rings. The molecular formula is C37H69F2IN2Si4. The third kappa shape index (κ3) is 11.9. The van der Waals surface area contributed by atoms with Crippen LogP contribution in [-0.2, 0) is 0 Å². The van der Waals surface area contributed by atoms with E-state index in [4.69, 9.17) is 6.42 Å². The number of halogens is 3. The third-order valence-electron chi connectivity index (χ3n) is 8.96. The van der Waals surface area contributed by atoms with Crippen molar-refractivity contribution in [2.45, 2.75) is 163 Å². The van der Waals surface area contributed by atoms with Crippen molar-refractivity contribution in [3.05, 3.63) is 45.6 Å². The molecule has 0 unspecified atom stereocenters. The third-order valence-corrected chi connectivity index (χ3v) is 24.9. The lowest BCUT2D eigenvalue weighted by molar-refractivity contribution is 0.620. The number of hydrogen-bond acceptors (Lipinski definition) is 0. The van der Waals surface area contributed by atoms with Crippen molar-refractivity contribution in [1.29, 1.82) is 0 Å². The number of rotatable bonds is 8. The van der Waals surface area contributed by atoms with Crippen molar-refractivity contribution in [3.63, 3.8) is 0 Å². The zero-order valence-corrected chi connectivity index (χ0v) is 38.0. The minimum Gasteiger partial charge on any atom is -0.376 e. The Morgan fingerprint density at radius 1 is 0.587 bits per heavy atom. The van der Waals surface area contributed by atoms with Crippen LogP contribution in [0.4, 0.5) is 8.78 Å². The molecule has 0 aliphatic heterocycles. The van der Waals surface area contributed by atoms with E-state index in [1.54, 1.807) is 12.4 Å². The van der Waals surface area contributed by atoms with Gasteiger partial charge in [0.1, 0.15) is 16.1 Å². The van der Waals surface area contributed by atoms with Crippen molar-refractivity contribution < 1.29 is 8.78 Å². The van der Waals surface area contributed by atoms with Crippen LogP contribution < -0.4 is 0 Å². The summed E-state index contributed by atoms with van der Waals surface area (Å²) in [6.07, 6.45) is 12.5. The molecule has 2 rings (SSSR count). The van der Waals surface area contributed by atoms with Crippen molar-refractivity contribution in [3.8, 4) is 23.4 Å². The first kappa shape index (κ1) is 47.3. The molecule has 0 radical (unpaired) electrons. The number of terminal acetylenes is 1. The van der Waals surface area contributed by atoms with Crippen LogP contribution in [0.15, 0.2) is 24.8 Å². The van der Waals surface area contributed by atoms with Crippen LogP contribution in [0.5, 0.6) is 0 Å². The summed E-state index contributed by atoms with van der Waals surface area (Å²) in [5, 5.41) is 0. The minimum atomic E-state index is -1.87. The molecule has 0 amide bonds. The van der Waals surface area contributed by atoms with E-state index in [-0.39, 0.29) is 19.1 Å². The molecule has 0 saturated heterocycles. The highest BCUT2D eigenvalue weighted by atomic mass is 127. The standard InChI is InChI=1S/C18H32FNSi2.C13H23FINSi.C5H10Si.CH4/c1-14(2)22(15(3)4,16(5)6)20-12-17(18(19)13-20)10-11-21(7,8)9;1-9(2)17(10(3)4,11(5)6)16-7-12(14)13(15)8-16;1-5-6(2,3)4;/h12-16H,1-9H3;7-11H,1-6H3;1H,2-4H3;1H4. The lowest BCUT2D eigenvalue weighted by Crippen LogP contribution is -2.51. The van der Waals surface area contributed by atoms with E-state index in [1.165, 1.54) is 0 Å². The van der Waals surface area contributed by atoms with Gasteiger partial charge in [0.2, 0.25) is 0 Å². The van der Waals surface area contributed by atoms with Crippen molar-refractivity contribution in [1.82, 2.24) is 8.47 Å². The Kier molecular flexibility index (Phi) is 19.3. The number of aromatic nitrogens is 2. The molecule has 264 valence electrons. The topological polar surface area (TPSA) is 9.86 Å². The Hall–Kier alpha value is -0.862. The first-order valence-electron chi connectivity index (χ1n) is 16.7. The summed E-state index contributed by atoms with van der Waals surface area (Å²) in [6, 6.07) is 0. The van der Waals surface area contributed by atoms with Gasteiger partial charge in [0, 0.05) is 24.8 Å². The molecule has 2 aromatic rings. The van der Waals surface area contributed by atoms with Gasteiger partial charge < -0.3 is 8.47 Å². The monoisotopic (exact) mass is 818 g/mol. The molecule has 0 spiro atoms. The fraction of sp³-hybridized carbons (Fsp3) is 0.676. The van der Waals surface area contributed by atoms with Crippen molar-refractivity contribution in [2.75, 3.05) is 0 Å². The van der Waals surface area contributed by atoms with Crippen LogP contribution in [0.1, 0.15) is 96.1 Å². The van der Waals surface area contributed by atoms with E-state index >= 15 is 0 Å². The zero-order valence-electron chi connectivity index (χ0n) is 31.9. The van der Waals surface area contributed by atoms with Crippen LogP contribution in [0.25, 0.3) is 0 Å². The zero-order chi connectivity index (χ0) is 35.9. The Morgan fingerprint density at radius 2 is 0.891 bits per heavy atom. The highest BCUT2D eigenvalue weighted by molar-refractivity contribution is 14.1. The minimum absolute atomic E-state index is 0. The van der Waals surface area contributed by atoms with Crippen LogP contribution in [0.3, 0.4) is 0 Å². The second-order valence-corrected chi connectivity index (χ2v) is 38.6. The maximum Gasteiger partial charge on any atom is 0.168 e. The van der Waals surface area contributed by atoms with E-state index in [0.29, 0.717) is 38.8 Å². The smallest absolute Gasteiger partial charge is 0.168 e. The van der Waals surface area contributed by atoms with Gasteiger partial charge in [-0.1, -0.05) is 136 Å². The van der Waals surface area contributed by atoms with E-state index in [1.807, 2.05) is 12.4 Å². The molecule has 0 aromatic carbocycles. The highest BCUT2D eigenvalue weighted by Crippen LogP contribution is 2.44. The first-order valence-corrected chi connectivity index (χ1v) is 29.1. The molecule has 2 heterocycles. The van der Waals surface area contributed by atoms with Crippen LogP contribution in [0.2, 0.25) is 72.5 Å². The lowest BCUT2D eigenvalue weighted by Gasteiger charge is -2.44. The van der Waals surface area contributed by atoms with Crippen LogP contribution in [0, 0.1) is 38.6 Å². The van der Waals surface area contributed by atoms with Crippen LogP contribution in [-0.4, -0.2) is 41.1 Å². The van der Waals surface area contributed by atoms with E-state index in [0.717, 1.165) is 3.57 Å². The van der Waals surface area contributed by atoms with Gasteiger partial charge in [-0.3, -0.25) is 0 Å². The van der Waals surface area contributed by atoms with Gasteiger partial charge in [-0.15, -0.1) is 17.5 Å². The summed E-state index contributed by atoms with van der Waals surface area (Å²) in [4.78, 5) is 0. The van der Waals surface area contributed by atoms with Gasteiger partial charge in [-0.05, 0) is 55.8 Å². The van der Waals surface area contributed by atoms with E-state index in [2.05, 4.69) is 170 Å². The van der Waals surface area contributed by atoms with Gasteiger partial charge in [0.05, 0.1) is 9.13 Å². The Morgan fingerprint density at radius 3 is 1.13 bits per heavy atom. The highest BCUT2D eigenvalue weighted by Gasteiger charge is 2.46. The molecule has 0 atom stereocenters. The molecule has 0 bridgehead atoms. The Balaban J connectivity index is 0. The predicted octanol–water partition coefficient (Wildman–Crippen LogP) is 13.3. The SMILES string of the molecule is C.C#C[Si](C)(C)C.CC(C)[Si](C(C)C)(C(C)C)n1cc(F)c(C#C[Si](C)(C)C)c1.CC(C)[Si](C(C)C)(C(C)C)n1cc(F)c(I)c1. The molecule has 9 heteroatoms. The summed E-state index contributed by atoms with van der Waals surface area (Å²) in [7, 11) is -6.21. The molecular weight excluding hydrogens is 750 g/mol. The van der Waals surface area contributed by atoms with Crippen molar-refractivity contribution >= 4 is 55.2 Å². The number of nitrogens with zero attached hydrogens (tertiary/aromatic N) is 2. The maximum atomic E-state index is 14.4. The fourth-order valence-electron chi connectivity index (χ4n) is 7.42. The molecule has 0 saturated carbocycles. The second kappa shape index (κ2) is 18.8. The molecule has 0 aliphatic carbocycles. The van der Waals surface area contributed by atoms with Gasteiger partial charge >= 0.3 is 0 Å². The first-order chi connectivity index (χ1) is 20.2. The summed E-state index contributed by atoms with van der Waals surface area (Å²) >= 11 is 2.08. The lowest BCUT2D eigenvalue weighted by atomic mass is 10.3. The van der Waals surface area contributed by atoms with Crippen molar-refractivity contribution in [2.24, 2.45) is 0 Å². The van der Waals surface area contributed by atoms with Gasteiger partial charge in [-0.25, -0.2) is 8.78 Å². The van der Waals surface area contributed by atoms with E-state index < -0.39 is 32.6 Å². The normalized spacial score (nSPS) is 12.4. The predicted molar refractivity (Wildman–Crippen MR) is 224 cm³/mol. The van der Waals surface area contributed by atoms with Crippen LogP contribution >= 0.6 is 22.6 Å². The summed E-state index contributed by atoms with van der Waals surface area (Å²) < 4.78 is 33.3. The molecule has 0 N–H and O–H groups in total. The summed E-state index contributed by atoms with van der Waals surface area (Å²) in [5.41, 5.74) is 10.1. The quantitative estimate of drug-likeness (QED) is 0.143. The summed E-state index contributed by atoms with van der Waals surface area (Å²) in [5.74, 6) is 2.86. The maximum absolute atomic E-state index is 14.4. The average Bonchev–Trinajstić information content (AvgIpc) is 3.38. The van der Waals surface area contributed by atoms with Gasteiger partial charge in [0.15, 0.2) is 28.1 Å².